The van der Waals surface area contributed by atoms with Crippen molar-refractivity contribution in [2.75, 3.05) is 0 Å². The Kier molecular flexibility index (Phi) is 6.90. The van der Waals surface area contributed by atoms with Gasteiger partial charge in [-0.15, -0.1) is 0 Å². The minimum absolute atomic E-state index is 0.296. The van der Waals surface area contributed by atoms with Crippen LogP contribution in [0.3, 0.4) is 0 Å². The molecule has 1 aromatic carbocycles. The van der Waals surface area contributed by atoms with Gasteiger partial charge in [0.2, 0.25) is 0 Å². The standard InChI is InChI=1S/C8H2Cl4O4.C5H5N/c9-3-1(7(13)14)2(8(15)16)4(10)6(12)5(3)11;1-2-4-6-5-3-1/h(H,13,14)(H,15,16);1-5H. The molecule has 9 heteroatoms. The number of pyridine rings is 1. The number of carboxylic acid groups (broad SMARTS) is 2. The van der Waals surface area contributed by atoms with Gasteiger partial charge >= 0.3 is 11.9 Å². The van der Waals surface area contributed by atoms with Crippen LogP contribution in [0.4, 0.5) is 0 Å². The molecule has 1 heterocycles. The molecule has 0 spiro atoms. The van der Waals surface area contributed by atoms with Crippen molar-refractivity contribution in [3.05, 3.63) is 61.8 Å². The summed E-state index contributed by atoms with van der Waals surface area (Å²) in [6.45, 7) is 0. The molecule has 0 radical (unpaired) electrons. The van der Waals surface area contributed by atoms with E-state index in [0.29, 0.717) is 0 Å². The quantitative estimate of drug-likeness (QED) is 0.576. The minimum atomic E-state index is -1.55. The van der Waals surface area contributed by atoms with E-state index >= 15 is 0 Å². The second kappa shape index (κ2) is 8.19. The van der Waals surface area contributed by atoms with Gasteiger partial charge in [-0.05, 0) is 12.1 Å². The molecule has 0 aliphatic heterocycles. The zero-order chi connectivity index (χ0) is 16.9. The van der Waals surface area contributed by atoms with Gasteiger partial charge < -0.3 is 10.2 Å². The molecular formula is C13H7Cl4NO4. The van der Waals surface area contributed by atoms with E-state index in [1.165, 1.54) is 0 Å². The molecule has 0 saturated heterocycles. The monoisotopic (exact) mass is 381 g/mol. The molecular weight excluding hydrogens is 376 g/mol. The van der Waals surface area contributed by atoms with Gasteiger partial charge in [0.25, 0.3) is 0 Å². The van der Waals surface area contributed by atoms with Gasteiger partial charge in [-0.2, -0.15) is 0 Å². The molecule has 0 aliphatic rings. The number of rotatable bonds is 2. The van der Waals surface area contributed by atoms with Crippen LogP contribution in [0.5, 0.6) is 0 Å². The van der Waals surface area contributed by atoms with Crippen molar-refractivity contribution in [2.24, 2.45) is 0 Å². The van der Waals surface area contributed by atoms with Crippen molar-refractivity contribution in [2.45, 2.75) is 0 Å². The molecule has 5 nitrogen and oxygen atoms in total. The molecule has 2 N–H and O–H groups in total. The summed E-state index contributed by atoms with van der Waals surface area (Å²) >= 11 is 22.4. The van der Waals surface area contributed by atoms with Gasteiger partial charge in [-0.3, -0.25) is 4.98 Å². The fraction of sp³-hybridized carbons (Fsp3) is 0. The normalized spacial score (nSPS) is 9.64. The Morgan fingerprint density at radius 1 is 0.727 bits per heavy atom. The molecule has 2 aromatic rings. The van der Waals surface area contributed by atoms with E-state index in [0.717, 1.165) is 0 Å². The Labute approximate surface area is 145 Å². The number of halogens is 4. The Bertz CT molecular complexity index is 635. The van der Waals surface area contributed by atoms with E-state index in [4.69, 9.17) is 56.6 Å². The molecule has 0 fully saturated rings. The van der Waals surface area contributed by atoms with Crippen LogP contribution < -0.4 is 0 Å². The van der Waals surface area contributed by atoms with Crippen molar-refractivity contribution in [3.8, 4) is 0 Å². The van der Waals surface area contributed by atoms with Crippen LogP contribution in [-0.2, 0) is 0 Å². The summed E-state index contributed by atoms with van der Waals surface area (Å²) in [5.41, 5.74) is -1.37. The first-order valence-electron chi connectivity index (χ1n) is 5.46. The van der Waals surface area contributed by atoms with Crippen LogP contribution in [0.25, 0.3) is 0 Å². The first kappa shape index (κ1) is 18.5. The highest BCUT2D eigenvalue weighted by atomic mass is 35.5. The molecule has 0 atom stereocenters. The van der Waals surface area contributed by atoms with Crippen LogP contribution in [0.2, 0.25) is 20.1 Å². The maximum atomic E-state index is 10.9. The fourth-order valence-corrected chi connectivity index (χ4v) is 2.36. The number of benzene rings is 1. The van der Waals surface area contributed by atoms with Crippen LogP contribution >= 0.6 is 46.4 Å². The molecule has 0 unspecified atom stereocenters. The first-order chi connectivity index (χ1) is 10.3. The maximum Gasteiger partial charge on any atom is 0.338 e. The molecule has 0 amide bonds. The number of carbonyl (C=O) groups is 2. The summed E-state index contributed by atoms with van der Waals surface area (Å²) in [5, 5.41) is 16.1. The third-order valence-corrected chi connectivity index (χ3v) is 4.06. The third-order valence-electron chi connectivity index (χ3n) is 2.26. The average molecular weight is 383 g/mol. The minimum Gasteiger partial charge on any atom is -0.478 e. The van der Waals surface area contributed by atoms with Gasteiger partial charge in [-0.1, -0.05) is 52.5 Å². The second-order valence-electron chi connectivity index (χ2n) is 3.64. The van der Waals surface area contributed by atoms with Crippen molar-refractivity contribution >= 4 is 58.3 Å². The second-order valence-corrected chi connectivity index (χ2v) is 5.15. The molecule has 0 aliphatic carbocycles. The lowest BCUT2D eigenvalue weighted by atomic mass is 10.1. The van der Waals surface area contributed by atoms with Crippen molar-refractivity contribution in [1.29, 1.82) is 0 Å². The van der Waals surface area contributed by atoms with Gasteiger partial charge in [0.1, 0.15) is 0 Å². The van der Waals surface area contributed by atoms with Crippen LogP contribution in [-0.4, -0.2) is 27.1 Å². The number of nitrogens with zero attached hydrogens (tertiary/aromatic N) is 1. The lowest BCUT2D eigenvalue weighted by Crippen LogP contribution is -2.10. The topological polar surface area (TPSA) is 87.5 Å². The summed E-state index contributed by atoms with van der Waals surface area (Å²) in [7, 11) is 0. The van der Waals surface area contributed by atoms with Crippen molar-refractivity contribution in [1.82, 2.24) is 4.98 Å². The number of carboxylic acids is 2. The summed E-state index contributed by atoms with van der Waals surface area (Å²) in [5.74, 6) is -3.11. The highest BCUT2D eigenvalue weighted by Crippen LogP contribution is 2.41. The predicted molar refractivity (Wildman–Crippen MR) is 84.6 cm³/mol. The third kappa shape index (κ3) is 4.24. The van der Waals surface area contributed by atoms with E-state index in [1.54, 1.807) is 12.4 Å². The summed E-state index contributed by atoms with van der Waals surface area (Å²) in [6, 6.07) is 5.72. The van der Waals surface area contributed by atoms with E-state index < -0.39 is 33.1 Å². The molecule has 1 aromatic heterocycles. The molecule has 0 saturated carbocycles. The van der Waals surface area contributed by atoms with E-state index in [-0.39, 0.29) is 10.0 Å². The average Bonchev–Trinajstić information content (AvgIpc) is 2.50. The Hall–Kier alpha value is -1.53. The van der Waals surface area contributed by atoms with Gasteiger partial charge in [0.05, 0.1) is 31.2 Å². The zero-order valence-corrected chi connectivity index (χ0v) is 13.6. The van der Waals surface area contributed by atoms with Crippen LogP contribution in [0.15, 0.2) is 30.6 Å². The number of hydrogen-bond acceptors (Lipinski definition) is 3. The van der Waals surface area contributed by atoms with Crippen molar-refractivity contribution < 1.29 is 19.8 Å². The maximum absolute atomic E-state index is 10.9. The number of aromatic nitrogens is 1. The van der Waals surface area contributed by atoms with E-state index in [2.05, 4.69) is 4.98 Å². The number of hydrogen-bond donors (Lipinski definition) is 2. The summed E-state index contributed by atoms with van der Waals surface area (Å²) in [4.78, 5) is 25.5. The largest absolute Gasteiger partial charge is 0.478 e. The predicted octanol–water partition coefficient (Wildman–Crippen LogP) is 4.78. The highest BCUT2D eigenvalue weighted by Gasteiger charge is 2.28. The number of aromatic carboxylic acids is 2. The first-order valence-corrected chi connectivity index (χ1v) is 6.97. The van der Waals surface area contributed by atoms with E-state index in [9.17, 15) is 9.59 Å². The fourth-order valence-electron chi connectivity index (χ4n) is 1.35. The Morgan fingerprint density at radius 2 is 1.09 bits per heavy atom. The highest BCUT2D eigenvalue weighted by molar-refractivity contribution is 6.53. The van der Waals surface area contributed by atoms with Gasteiger partial charge in [-0.25, -0.2) is 9.59 Å². The van der Waals surface area contributed by atoms with Crippen LogP contribution in [0, 0.1) is 0 Å². The lowest BCUT2D eigenvalue weighted by Gasteiger charge is -2.10. The SMILES string of the molecule is O=C(O)c1c(Cl)c(Cl)c(Cl)c(Cl)c1C(=O)O.c1ccncc1. The summed E-state index contributed by atoms with van der Waals surface area (Å²) < 4.78 is 0. The van der Waals surface area contributed by atoms with Gasteiger partial charge in [0.15, 0.2) is 0 Å². The van der Waals surface area contributed by atoms with Crippen molar-refractivity contribution in [3.63, 3.8) is 0 Å². The molecule has 22 heavy (non-hydrogen) atoms. The lowest BCUT2D eigenvalue weighted by molar-refractivity contribution is 0.0652. The van der Waals surface area contributed by atoms with E-state index in [1.807, 2.05) is 18.2 Å². The smallest absolute Gasteiger partial charge is 0.338 e. The van der Waals surface area contributed by atoms with Crippen LogP contribution in [0.1, 0.15) is 20.7 Å². The zero-order valence-electron chi connectivity index (χ0n) is 10.6. The molecule has 116 valence electrons. The van der Waals surface area contributed by atoms with Gasteiger partial charge in [0, 0.05) is 12.4 Å². The molecule has 2 rings (SSSR count). The Morgan fingerprint density at radius 3 is 1.27 bits per heavy atom. The molecule has 0 bridgehead atoms. The summed E-state index contributed by atoms with van der Waals surface area (Å²) in [6.07, 6.45) is 3.50. The Balaban J connectivity index is 0.000000335.